The van der Waals surface area contributed by atoms with Crippen molar-refractivity contribution < 1.29 is 4.74 Å². The lowest BCUT2D eigenvalue weighted by Crippen LogP contribution is -1.96. The van der Waals surface area contributed by atoms with Crippen LogP contribution in [0.15, 0.2) is 24.3 Å². The van der Waals surface area contributed by atoms with Gasteiger partial charge in [0.25, 0.3) is 0 Å². The van der Waals surface area contributed by atoms with Crippen molar-refractivity contribution in [1.29, 1.82) is 0 Å². The van der Waals surface area contributed by atoms with Gasteiger partial charge in [0.05, 0.1) is 0 Å². The van der Waals surface area contributed by atoms with Gasteiger partial charge in [-0.05, 0) is 42.9 Å². The van der Waals surface area contributed by atoms with E-state index in [-0.39, 0.29) is 0 Å². The van der Waals surface area contributed by atoms with Crippen molar-refractivity contribution >= 4 is 0 Å². The Kier molecular flexibility index (Phi) is 2.53. The minimum absolute atomic E-state index is 0.590. The Morgan fingerprint density at radius 2 is 2.08 bits per heavy atom. The monoisotopic (exact) mass is 174 g/mol. The summed E-state index contributed by atoms with van der Waals surface area (Å²) in [4.78, 5) is 0. The molecule has 3 rings (SSSR count). The molecular weight excluding hydrogens is 160 g/mol. The highest BCUT2D eigenvalue weighted by Gasteiger charge is 2.11. The second-order valence-electron chi connectivity index (χ2n) is 3.42. The van der Waals surface area contributed by atoms with E-state index in [9.17, 15) is 0 Å². The van der Waals surface area contributed by atoms with Gasteiger partial charge in [-0.2, -0.15) is 0 Å². The quantitative estimate of drug-likeness (QED) is 0.634. The minimum atomic E-state index is 0.590. The Hall–Kier alpha value is -0.980. The zero-order chi connectivity index (χ0) is 9.10. The lowest BCUT2D eigenvalue weighted by atomic mass is 9.92. The Labute approximate surface area is 79.7 Å². The van der Waals surface area contributed by atoms with Crippen molar-refractivity contribution in [2.24, 2.45) is 0 Å². The van der Waals surface area contributed by atoms with E-state index in [4.69, 9.17) is 4.74 Å². The van der Waals surface area contributed by atoms with Crippen molar-refractivity contribution in [3.63, 3.8) is 0 Å². The van der Waals surface area contributed by atoms with Crippen LogP contribution < -0.4 is 4.74 Å². The molecule has 0 amide bonds. The van der Waals surface area contributed by atoms with Gasteiger partial charge in [-0.1, -0.05) is 19.1 Å². The third-order valence-corrected chi connectivity index (χ3v) is 2.55. The van der Waals surface area contributed by atoms with Gasteiger partial charge in [0, 0.05) is 0 Å². The van der Waals surface area contributed by atoms with E-state index in [0.29, 0.717) is 5.92 Å². The summed E-state index contributed by atoms with van der Waals surface area (Å²) in [6.45, 7) is 5.87. The molecule has 1 atom stereocenters. The smallest absolute Gasteiger partial charge is 0.135 e. The molecular formula is C12H14O. The first-order valence-corrected chi connectivity index (χ1v) is 4.77. The number of benzene rings is 1. The first-order valence-electron chi connectivity index (χ1n) is 4.77. The van der Waals surface area contributed by atoms with Gasteiger partial charge < -0.3 is 4.74 Å². The van der Waals surface area contributed by atoms with Crippen LogP contribution in [0.5, 0.6) is 5.75 Å². The summed E-state index contributed by atoms with van der Waals surface area (Å²) >= 11 is 0. The molecule has 13 heavy (non-hydrogen) atoms. The van der Waals surface area contributed by atoms with E-state index in [2.05, 4.69) is 19.1 Å². The molecule has 2 radical (unpaired) electrons. The molecule has 0 aromatic heterocycles. The van der Waals surface area contributed by atoms with Gasteiger partial charge in [-0.15, -0.1) is 0 Å². The third-order valence-electron chi connectivity index (χ3n) is 2.55. The van der Waals surface area contributed by atoms with Gasteiger partial charge in [0.15, 0.2) is 0 Å². The van der Waals surface area contributed by atoms with Crippen molar-refractivity contribution in [3.8, 4) is 5.75 Å². The fraction of sp³-hybridized carbons (Fsp3) is 0.333. The molecule has 2 aliphatic heterocycles. The summed E-state index contributed by atoms with van der Waals surface area (Å²) in [5.41, 5.74) is 1.39. The normalized spacial score (nSPS) is 21.5. The lowest BCUT2D eigenvalue weighted by molar-refractivity contribution is 0.383. The van der Waals surface area contributed by atoms with Crippen molar-refractivity contribution in [1.82, 2.24) is 0 Å². The summed E-state index contributed by atoms with van der Waals surface area (Å²) in [7, 11) is 0. The largest absolute Gasteiger partial charge is 0.487 e. The minimum Gasteiger partial charge on any atom is -0.487 e. The molecule has 1 nitrogen and oxygen atoms in total. The number of fused-ring (bicyclic) bond motifs is 6. The average Bonchev–Trinajstić information content (AvgIpc) is 2.33. The maximum absolute atomic E-state index is 5.43. The molecule has 1 aromatic carbocycles. The maximum atomic E-state index is 5.43. The Bertz CT molecular complexity index is 263. The van der Waals surface area contributed by atoms with Crippen LogP contribution in [0.4, 0.5) is 0 Å². The van der Waals surface area contributed by atoms with Crippen molar-refractivity contribution in [2.75, 3.05) is 0 Å². The van der Waals surface area contributed by atoms with E-state index >= 15 is 0 Å². The van der Waals surface area contributed by atoms with Crippen LogP contribution >= 0.6 is 0 Å². The van der Waals surface area contributed by atoms with Gasteiger partial charge in [-0.3, -0.25) is 0 Å². The van der Waals surface area contributed by atoms with Crippen LogP contribution in [0, 0.1) is 13.5 Å². The summed E-state index contributed by atoms with van der Waals surface area (Å²) in [6.07, 6.45) is 3.12. The molecule has 68 valence electrons. The fourth-order valence-electron chi connectivity index (χ4n) is 1.72. The predicted molar refractivity (Wildman–Crippen MR) is 53.3 cm³/mol. The molecule has 0 N–H and O–H groups in total. The number of hydrogen-bond acceptors (Lipinski definition) is 1. The van der Waals surface area contributed by atoms with E-state index in [1.807, 2.05) is 18.7 Å². The second-order valence-corrected chi connectivity index (χ2v) is 3.42. The number of rotatable bonds is 1. The van der Waals surface area contributed by atoms with E-state index in [0.717, 1.165) is 25.0 Å². The highest BCUT2D eigenvalue weighted by Crippen LogP contribution is 2.29. The summed E-state index contributed by atoms with van der Waals surface area (Å²) in [6, 6.07) is 8.34. The summed E-state index contributed by atoms with van der Waals surface area (Å²) in [5.74, 6) is 1.53. The van der Waals surface area contributed by atoms with Crippen LogP contribution in [0.3, 0.4) is 0 Å². The molecule has 0 saturated carbocycles. The number of ether oxygens (including phenoxy) is 1. The van der Waals surface area contributed by atoms with E-state index in [1.54, 1.807) is 0 Å². The SMILES string of the molecule is [CH2]CC1CC[CH]Oc2ccc1cc2. The van der Waals surface area contributed by atoms with Crippen LogP contribution in [0.2, 0.25) is 0 Å². The lowest BCUT2D eigenvalue weighted by Gasteiger charge is -2.12. The van der Waals surface area contributed by atoms with Gasteiger partial charge in [0.2, 0.25) is 0 Å². The fourth-order valence-corrected chi connectivity index (χ4v) is 1.72. The zero-order valence-electron chi connectivity index (χ0n) is 7.70. The van der Waals surface area contributed by atoms with Crippen LogP contribution in [-0.2, 0) is 0 Å². The second kappa shape index (κ2) is 3.82. The van der Waals surface area contributed by atoms with Crippen molar-refractivity contribution in [3.05, 3.63) is 43.4 Å². The maximum Gasteiger partial charge on any atom is 0.135 e. The molecule has 1 aromatic rings. The highest BCUT2D eigenvalue weighted by atomic mass is 16.5. The first-order chi connectivity index (χ1) is 6.40. The molecule has 0 aliphatic carbocycles. The molecule has 1 unspecified atom stereocenters. The molecule has 2 heterocycles. The molecule has 2 bridgehead atoms. The Morgan fingerprint density at radius 1 is 1.31 bits per heavy atom. The first kappa shape index (κ1) is 8.61. The predicted octanol–water partition coefficient (Wildman–Crippen LogP) is 3.33. The van der Waals surface area contributed by atoms with E-state index < -0.39 is 0 Å². The molecule has 0 spiro atoms. The van der Waals surface area contributed by atoms with Gasteiger partial charge >= 0.3 is 0 Å². The van der Waals surface area contributed by atoms with E-state index in [1.165, 1.54) is 5.56 Å². The van der Waals surface area contributed by atoms with Crippen LogP contribution in [-0.4, -0.2) is 0 Å². The standard InChI is InChI=1S/C12H14O/c1-2-10-4-3-9-13-12-7-5-11(10)6-8-12/h5-10H,1-4H2. The average molecular weight is 174 g/mol. The zero-order valence-corrected chi connectivity index (χ0v) is 7.70. The summed E-state index contributed by atoms with van der Waals surface area (Å²) in [5, 5.41) is 0. The topological polar surface area (TPSA) is 9.23 Å². The molecule has 0 fully saturated rings. The van der Waals surface area contributed by atoms with Crippen molar-refractivity contribution in [2.45, 2.75) is 25.2 Å². The molecule has 2 aliphatic rings. The molecule has 1 heteroatoms. The Balaban J connectivity index is 2.28. The van der Waals surface area contributed by atoms with Gasteiger partial charge in [-0.25, -0.2) is 0 Å². The summed E-state index contributed by atoms with van der Waals surface area (Å²) < 4.78 is 5.43. The van der Waals surface area contributed by atoms with Crippen LogP contribution in [0.1, 0.15) is 30.7 Å². The van der Waals surface area contributed by atoms with Gasteiger partial charge in [0.1, 0.15) is 12.4 Å². The number of hydrogen-bond donors (Lipinski definition) is 0. The highest BCUT2D eigenvalue weighted by molar-refractivity contribution is 5.30. The Morgan fingerprint density at radius 3 is 2.77 bits per heavy atom. The third kappa shape index (κ3) is 1.85. The molecule has 0 saturated heterocycles. The van der Waals surface area contributed by atoms with Crippen LogP contribution in [0.25, 0.3) is 0 Å².